The lowest BCUT2D eigenvalue weighted by atomic mass is 10.1. The number of carbonyl (C=O) groups is 1. The van der Waals surface area contributed by atoms with Crippen molar-refractivity contribution < 1.29 is 25.6 Å². The van der Waals surface area contributed by atoms with E-state index in [9.17, 15) is 25.0 Å². The highest BCUT2D eigenvalue weighted by Gasteiger charge is 2.42. The van der Waals surface area contributed by atoms with Crippen molar-refractivity contribution in [3.63, 3.8) is 0 Å². The zero-order chi connectivity index (χ0) is 14.4. The number of Topliss-reactive ketones (excluding diaryl/α,β-unsaturated/α-hetero) is 1. The minimum atomic E-state index is -1.34. The maximum atomic E-state index is 12.0. The monoisotopic (exact) mass is 308 g/mol. The molecule has 114 valence electrons. The predicted molar refractivity (Wildman–Crippen MR) is 73.0 cm³/mol. The topological polar surface area (TPSA) is 191 Å². The smallest absolute Gasteiger partial charge is 0.412 e. The van der Waals surface area contributed by atoms with Crippen LogP contribution in [0, 0.1) is 20.2 Å². The lowest BCUT2D eigenvalue weighted by molar-refractivity contribution is -0.617. The molecule has 1 aromatic rings. The molecule has 0 bridgehead atoms. The quantitative estimate of drug-likeness (QED) is 0.506. The first-order valence-corrected chi connectivity index (χ1v) is 5.35. The summed E-state index contributed by atoms with van der Waals surface area (Å²) in [5.74, 6) is -2.45. The molecule has 0 aromatic heterocycles. The molecule has 22 heavy (non-hydrogen) atoms. The van der Waals surface area contributed by atoms with Gasteiger partial charge in [-0.1, -0.05) is 24.3 Å². The molecule has 1 aliphatic heterocycles. The largest absolute Gasteiger partial charge is 0.604 e. The molecule has 1 aliphatic carbocycles. The molecule has 2 aliphatic rings. The molecule has 0 unspecified atom stereocenters. The van der Waals surface area contributed by atoms with E-state index in [0.717, 1.165) is 0 Å². The van der Waals surface area contributed by atoms with E-state index in [1.54, 1.807) is 24.3 Å². The second kappa shape index (κ2) is 5.59. The Labute approximate surface area is 121 Å². The lowest BCUT2D eigenvalue weighted by Gasteiger charge is -1.94. The summed E-state index contributed by atoms with van der Waals surface area (Å²) in [6, 6.07) is 6.51. The fraction of sp³-hybridized carbons (Fsp3) is 0. The molecule has 1 heterocycles. The second-order valence-corrected chi connectivity index (χ2v) is 3.96. The van der Waals surface area contributed by atoms with Crippen LogP contribution >= 0.6 is 0 Å². The van der Waals surface area contributed by atoms with Gasteiger partial charge in [0.2, 0.25) is 5.78 Å². The summed E-state index contributed by atoms with van der Waals surface area (Å²) in [5.41, 5.74) is 0.898. The van der Waals surface area contributed by atoms with Crippen molar-refractivity contribution in [3.8, 4) is 0 Å². The van der Waals surface area contributed by atoms with Crippen LogP contribution in [-0.2, 0) is 0 Å². The van der Waals surface area contributed by atoms with E-state index in [1.165, 1.54) is 0 Å². The maximum absolute atomic E-state index is 12.0. The van der Waals surface area contributed by atoms with Crippen LogP contribution in [0.15, 0.2) is 45.9 Å². The van der Waals surface area contributed by atoms with Gasteiger partial charge in [-0.3, -0.25) is 25.0 Å². The molecule has 0 fully saturated rings. The van der Waals surface area contributed by atoms with Crippen LogP contribution in [0.3, 0.4) is 0 Å². The highest BCUT2D eigenvalue weighted by Crippen LogP contribution is 2.28. The standard InChI is InChI=1S/C11H4N4O5.2H2O/c16-9-6-4-2-1-3-5(6)7-8(9)13-10(12-7)11(14(17)18)15(19)20;;/h1-4H;2*1H2. The van der Waals surface area contributed by atoms with E-state index >= 15 is 0 Å². The average Bonchev–Trinajstić information content (AvgIpc) is 2.90. The van der Waals surface area contributed by atoms with Gasteiger partial charge in [-0.05, 0) is 0 Å². The first-order chi connectivity index (χ1) is 9.50. The molecular formula is C11H8N4O7. The molecule has 0 saturated heterocycles. The van der Waals surface area contributed by atoms with Crippen LogP contribution < -0.4 is 0 Å². The van der Waals surface area contributed by atoms with Crippen molar-refractivity contribution in [2.24, 2.45) is 9.98 Å². The number of fused-ring (bicyclic) bond motifs is 3. The van der Waals surface area contributed by atoms with E-state index in [1.807, 2.05) is 0 Å². The fourth-order valence-electron chi connectivity index (χ4n) is 2.03. The third-order valence-corrected chi connectivity index (χ3v) is 2.85. The molecule has 0 saturated carbocycles. The van der Waals surface area contributed by atoms with Crippen molar-refractivity contribution in [1.29, 1.82) is 0 Å². The van der Waals surface area contributed by atoms with Gasteiger partial charge in [0.05, 0.1) is 0 Å². The van der Waals surface area contributed by atoms with Crippen LogP contribution in [-0.4, -0.2) is 38.0 Å². The Balaban J connectivity index is 0.00000121. The molecular weight excluding hydrogens is 300 g/mol. The van der Waals surface area contributed by atoms with E-state index in [0.29, 0.717) is 11.1 Å². The zero-order valence-corrected chi connectivity index (χ0v) is 10.6. The first-order valence-electron chi connectivity index (χ1n) is 5.35. The third-order valence-electron chi connectivity index (χ3n) is 2.85. The summed E-state index contributed by atoms with van der Waals surface area (Å²) in [5, 5.41) is 21.3. The molecule has 0 radical (unpaired) electrons. The van der Waals surface area contributed by atoms with E-state index < -0.39 is 27.3 Å². The number of rotatable bonds is 2. The number of hydrogen-bond acceptors (Lipinski definition) is 7. The van der Waals surface area contributed by atoms with Crippen molar-refractivity contribution in [1.82, 2.24) is 0 Å². The average molecular weight is 308 g/mol. The van der Waals surface area contributed by atoms with Gasteiger partial charge in [-0.2, -0.15) is 0 Å². The summed E-state index contributed by atoms with van der Waals surface area (Å²) in [6.07, 6.45) is 0. The summed E-state index contributed by atoms with van der Waals surface area (Å²) >= 11 is 0. The van der Waals surface area contributed by atoms with Gasteiger partial charge in [-0.15, -0.1) is 0 Å². The SMILES string of the molecule is O.O.O=C1C2=NC(=C([N+](=O)[O-])[N+](=O)[O-])N=C2c2ccccc21. The third kappa shape index (κ3) is 2.15. The highest BCUT2D eigenvalue weighted by molar-refractivity contribution is 6.78. The van der Waals surface area contributed by atoms with Crippen molar-refractivity contribution in [2.75, 3.05) is 0 Å². The first kappa shape index (κ1) is 16.7. The number of nitrogens with zero attached hydrogens (tertiary/aromatic N) is 4. The molecule has 0 atom stereocenters. The maximum Gasteiger partial charge on any atom is 0.604 e. The Kier molecular flexibility index (Phi) is 4.25. The van der Waals surface area contributed by atoms with Crippen LogP contribution in [0.25, 0.3) is 0 Å². The summed E-state index contributed by atoms with van der Waals surface area (Å²) in [4.78, 5) is 38.4. The Bertz CT molecular complexity index is 777. The zero-order valence-electron chi connectivity index (χ0n) is 10.6. The molecule has 11 nitrogen and oxygen atoms in total. The lowest BCUT2D eigenvalue weighted by Crippen LogP contribution is -2.12. The minimum absolute atomic E-state index is 0. The summed E-state index contributed by atoms with van der Waals surface area (Å²) < 4.78 is 0. The van der Waals surface area contributed by atoms with Gasteiger partial charge in [0.1, 0.15) is 21.3 Å². The summed E-state index contributed by atoms with van der Waals surface area (Å²) in [7, 11) is 0. The number of nitro groups is 2. The molecule has 0 amide bonds. The highest BCUT2D eigenvalue weighted by atomic mass is 16.7. The van der Waals surface area contributed by atoms with E-state index in [-0.39, 0.29) is 22.4 Å². The van der Waals surface area contributed by atoms with E-state index in [4.69, 9.17) is 0 Å². The van der Waals surface area contributed by atoms with Gasteiger partial charge < -0.3 is 11.0 Å². The van der Waals surface area contributed by atoms with Gasteiger partial charge in [0.25, 0.3) is 0 Å². The number of aliphatic imine (C=N–C) groups is 2. The number of carbonyl (C=O) groups excluding carboxylic acids is 1. The Morgan fingerprint density at radius 3 is 1.95 bits per heavy atom. The predicted octanol–water partition coefficient (Wildman–Crippen LogP) is -0.843. The molecule has 11 heteroatoms. The van der Waals surface area contributed by atoms with Crippen LogP contribution in [0.4, 0.5) is 0 Å². The summed E-state index contributed by atoms with van der Waals surface area (Å²) in [6.45, 7) is 0. The van der Waals surface area contributed by atoms with Gasteiger partial charge in [0.15, 0.2) is 0 Å². The molecule has 3 rings (SSSR count). The van der Waals surface area contributed by atoms with Crippen LogP contribution in [0.1, 0.15) is 15.9 Å². The fourth-order valence-corrected chi connectivity index (χ4v) is 2.03. The molecule has 4 N–H and O–H groups in total. The van der Waals surface area contributed by atoms with Crippen LogP contribution in [0.2, 0.25) is 0 Å². The minimum Gasteiger partial charge on any atom is -0.412 e. The van der Waals surface area contributed by atoms with Gasteiger partial charge in [0, 0.05) is 11.1 Å². The van der Waals surface area contributed by atoms with Gasteiger partial charge in [-0.25, -0.2) is 9.98 Å². The number of ketones is 1. The molecule has 0 spiro atoms. The van der Waals surface area contributed by atoms with Crippen LogP contribution in [0.5, 0.6) is 0 Å². The van der Waals surface area contributed by atoms with Crippen molar-refractivity contribution in [2.45, 2.75) is 0 Å². The number of benzene rings is 1. The van der Waals surface area contributed by atoms with Crippen molar-refractivity contribution >= 4 is 17.2 Å². The number of hydrogen-bond donors (Lipinski definition) is 0. The Morgan fingerprint density at radius 1 is 0.909 bits per heavy atom. The second-order valence-electron chi connectivity index (χ2n) is 3.96. The molecule has 1 aromatic carbocycles. The van der Waals surface area contributed by atoms with Crippen molar-refractivity contribution in [3.05, 3.63) is 67.3 Å². The van der Waals surface area contributed by atoms with E-state index in [2.05, 4.69) is 9.98 Å². The Hall–Kier alpha value is -3.31. The normalized spacial score (nSPS) is 14.0. The van der Waals surface area contributed by atoms with Gasteiger partial charge >= 0.3 is 11.6 Å². The Morgan fingerprint density at radius 2 is 1.41 bits per heavy atom.